The lowest BCUT2D eigenvalue weighted by molar-refractivity contribution is -0.142. The van der Waals surface area contributed by atoms with Crippen molar-refractivity contribution in [2.45, 2.75) is 20.3 Å². The number of nitrogens with zero attached hydrogens (tertiary/aromatic N) is 2. The van der Waals surface area contributed by atoms with E-state index in [1.54, 1.807) is 6.20 Å². The number of hydrogen-bond donors (Lipinski definition) is 1. The van der Waals surface area contributed by atoms with Crippen LogP contribution in [-0.2, 0) is 4.79 Å². The minimum Gasteiger partial charge on any atom is -0.481 e. The third-order valence-corrected chi connectivity index (χ3v) is 3.84. The summed E-state index contributed by atoms with van der Waals surface area (Å²) in [5, 5.41) is 9.79. The van der Waals surface area contributed by atoms with Gasteiger partial charge in [0.05, 0.1) is 10.9 Å². The molecule has 0 spiro atoms. The van der Waals surface area contributed by atoms with Crippen molar-refractivity contribution in [3.8, 4) is 0 Å². The molecule has 5 heteroatoms. The monoisotopic (exact) mass is 268 g/mol. The van der Waals surface area contributed by atoms with Gasteiger partial charge in [-0.25, -0.2) is 4.98 Å². The van der Waals surface area contributed by atoms with E-state index in [-0.39, 0.29) is 5.92 Å². The Morgan fingerprint density at radius 2 is 2.28 bits per heavy atom. The van der Waals surface area contributed by atoms with Crippen LogP contribution in [0.15, 0.2) is 12.3 Å². The van der Waals surface area contributed by atoms with Crippen molar-refractivity contribution in [2.75, 3.05) is 18.0 Å². The van der Waals surface area contributed by atoms with Crippen molar-refractivity contribution in [3.63, 3.8) is 0 Å². The van der Waals surface area contributed by atoms with Gasteiger partial charge < -0.3 is 10.0 Å². The molecule has 98 valence electrons. The summed E-state index contributed by atoms with van der Waals surface area (Å²) < 4.78 is 0. The highest BCUT2D eigenvalue weighted by molar-refractivity contribution is 6.33. The maximum atomic E-state index is 11.1. The molecule has 1 aliphatic heterocycles. The van der Waals surface area contributed by atoms with Crippen molar-refractivity contribution < 1.29 is 9.90 Å². The molecule has 1 saturated heterocycles. The fourth-order valence-electron chi connectivity index (χ4n) is 2.45. The summed E-state index contributed by atoms with van der Waals surface area (Å²) in [5.41, 5.74) is 0.965. The van der Waals surface area contributed by atoms with Gasteiger partial charge in [0.1, 0.15) is 5.82 Å². The fourth-order valence-corrected chi connectivity index (χ4v) is 2.68. The van der Waals surface area contributed by atoms with E-state index in [4.69, 9.17) is 16.7 Å². The second-order valence-corrected chi connectivity index (χ2v) is 5.42. The van der Waals surface area contributed by atoms with Gasteiger partial charge in [-0.3, -0.25) is 4.79 Å². The van der Waals surface area contributed by atoms with E-state index in [9.17, 15) is 4.79 Å². The van der Waals surface area contributed by atoms with E-state index >= 15 is 0 Å². The average molecular weight is 269 g/mol. The molecular formula is C13H17ClN2O2. The lowest BCUT2D eigenvalue weighted by Crippen LogP contribution is -2.43. The summed E-state index contributed by atoms with van der Waals surface area (Å²) in [4.78, 5) is 17.4. The van der Waals surface area contributed by atoms with Crippen LogP contribution in [-0.4, -0.2) is 29.1 Å². The van der Waals surface area contributed by atoms with Crippen LogP contribution in [0.2, 0.25) is 5.02 Å². The molecule has 0 amide bonds. The molecule has 0 saturated carbocycles. The van der Waals surface area contributed by atoms with E-state index in [0.29, 0.717) is 23.3 Å². The largest absolute Gasteiger partial charge is 0.481 e. The van der Waals surface area contributed by atoms with E-state index in [2.05, 4.69) is 11.9 Å². The number of rotatable bonds is 2. The molecule has 2 atom stereocenters. The Morgan fingerprint density at radius 3 is 2.94 bits per heavy atom. The topological polar surface area (TPSA) is 53.4 Å². The Hall–Kier alpha value is -1.29. The molecule has 18 heavy (non-hydrogen) atoms. The Balaban J connectivity index is 2.27. The van der Waals surface area contributed by atoms with Gasteiger partial charge in [0.25, 0.3) is 0 Å². The molecule has 1 N–H and O–H groups in total. The number of halogens is 1. The summed E-state index contributed by atoms with van der Waals surface area (Å²) in [6.45, 7) is 5.27. The number of anilines is 1. The van der Waals surface area contributed by atoms with Gasteiger partial charge in [0, 0.05) is 19.3 Å². The van der Waals surface area contributed by atoms with Gasteiger partial charge >= 0.3 is 5.97 Å². The molecule has 1 aromatic rings. The molecule has 4 nitrogen and oxygen atoms in total. The number of aliphatic carboxylic acids is 1. The standard InChI is InChI=1S/C13H17ClN2O2/c1-8-5-10(13(17)18)7-16(6-8)12-11(14)9(2)3-4-15-12/h3-4,8,10H,5-7H2,1-2H3,(H,17,18). The molecule has 0 aliphatic carbocycles. The van der Waals surface area contributed by atoms with E-state index < -0.39 is 5.97 Å². The van der Waals surface area contributed by atoms with Crippen molar-refractivity contribution in [1.82, 2.24) is 4.98 Å². The highest BCUT2D eigenvalue weighted by Gasteiger charge is 2.31. The van der Waals surface area contributed by atoms with Crippen LogP contribution in [0.5, 0.6) is 0 Å². The second kappa shape index (κ2) is 5.14. The molecule has 0 bridgehead atoms. The minimum absolute atomic E-state index is 0.332. The highest BCUT2D eigenvalue weighted by atomic mass is 35.5. The predicted molar refractivity (Wildman–Crippen MR) is 71.1 cm³/mol. The molecule has 1 fully saturated rings. The number of aryl methyl sites for hydroxylation is 1. The number of carboxylic acid groups (broad SMARTS) is 1. The van der Waals surface area contributed by atoms with E-state index in [1.165, 1.54) is 0 Å². The van der Waals surface area contributed by atoms with Crippen LogP contribution in [0, 0.1) is 18.8 Å². The average Bonchev–Trinajstić information content (AvgIpc) is 2.31. The molecular weight excluding hydrogens is 252 g/mol. The molecule has 1 aromatic heterocycles. The Labute approximate surface area is 112 Å². The first-order valence-corrected chi connectivity index (χ1v) is 6.45. The Bertz CT molecular complexity index is 464. The highest BCUT2D eigenvalue weighted by Crippen LogP contribution is 2.31. The molecule has 0 radical (unpaired) electrons. The lowest BCUT2D eigenvalue weighted by atomic mass is 9.90. The second-order valence-electron chi connectivity index (χ2n) is 5.05. The number of aromatic nitrogens is 1. The first-order chi connectivity index (χ1) is 8.49. The Morgan fingerprint density at radius 1 is 1.56 bits per heavy atom. The third kappa shape index (κ3) is 2.58. The van der Waals surface area contributed by atoms with Gasteiger partial charge in [-0.05, 0) is 30.9 Å². The number of hydrogen-bond acceptors (Lipinski definition) is 3. The van der Waals surface area contributed by atoms with Gasteiger partial charge in [-0.1, -0.05) is 18.5 Å². The summed E-state index contributed by atoms with van der Waals surface area (Å²) in [5.74, 6) is -0.0462. The van der Waals surface area contributed by atoms with Crippen LogP contribution < -0.4 is 4.90 Å². The molecule has 2 heterocycles. The SMILES string of the molecule is Cc1ccnc(N2CC(C)CC(C(=O)O)C2)c1Cl. The smallest absolute Gasteiger partial charge is 0.308 e. The van der Waals surface area contributed by atoms with Crippen molar-refractivity contribution in [3.05, 3.63) is 22.8 Å². The zero-order valence-electron chi connectivity index (χ0n) is 10.6. The number of pyridine rings is 1. The van der Waals surface area contributed by atoms with Crippen molar-refractivity contribution >= 4 is 23.4 Å². The van der Waals surface area contributed by atoms with Crippen LogP contribution in [0.1, 0.15) is 18.9 Å². The third-order valence-electron chi connectivity index (χ3n) is 3.37. The maximum absolute atomic E-state index is 11.1. The first-order valence-electron chi connectivity index (χ1n) is 6.08. The zero-order chi connectivity index (χ0) is 13.3. The van der Waals surface area contributed by atoms with E-state index in [1.807, 2.05) is 17.9 Å². The molecule has 1 aliphatic rings. The van der Waals surface area contributed by atoms with Crippen molar-refractivity contribution in [2.24, 2.45) is 11.8 Å². The van der Waals surface area contributed by atoms with E-state index in [0.717, 1.165) is 18.5 Å². The maximum Gasteiger partial charge on any atom is 0.308 e. The summed E-state index contributed by atoms with van der Waals surface area (Å²) in [6, 6.07) is 1.86. The van der Waals surface area contributed by atoms with Crippen molar-refractivity contribution in [1.29, 1.82) is 0 Å². The molecule has 2 rings (SSSR count). The molecule has 2 unspecified atom stereocenters. The fraction of sp³-hybridized carbons (Fsp3) is 0.538. The summed E-state index contributed by atoms with van der Waals surface area (Å²) in [7, 11) is 0. The first kappa shape index (κ1) is 13.1. The van der Waals surface area contributed by atoms with Gasteiger partial charge in [0.2, 0.25) is 0 Å². The molecule has 0 aromatic carbocycles. The number of piperidine rings is 1. The predicted octanol–water partition coefficient (Wildman–Crippen LogP) is 2.59. The van der Waals surface area contributed by atoms with Gasteiger partial charge in [0.15, 0.2) is 0 Å². The lowest BCUT2D eigenvalue weighted by Gasteiger charge is -2.36. The van der Waals surface area contributed by atoms with Gasteiger partial charge in [-0.2, -0.15) is 0 Å². The number of carbonyl (C=O) groups is 1. The quantitative estimate of drug-likeness (QED) is 0.896. The minimum atomic E-state index is -0.740. The Kier molecular flexibility index (Phi) is 3.76. The summed E-state index contributed by atoms with van der Waals surface area (Å²) in [6.07, 6.45) is 2.43. The summed E-state index contributed by atoms with van der Waals surface area (Å²) >= 11 is 6.25. The van der Waals surface area contributed by atoms with Crippen LogP contribution >= 0.6 is 11.6 Å². The van der Waals surface area contributed by atoms with Gasteiger partial charge in [-0.15, -0.1) is 0 Å². The zero-order valence-corrected chi connectivity index (χ0v) is 11.3. The number of carboxylic acids is 1. The van der Waals surface area contributed by atoms with Crippen LogP contribution in [0.3, 0.4) is 0 Å². The van der Waals surface area contributed by atoms with Crippen LogP contribution in [0.25, 0.3) is 0 Å². The normalized spacial score (nSPS) is 24.1. The van der Waals surface area contributed by atoms with Crippen LogP contribution in [0.4, 0.5) is 5.82 Å².